The third kappa shape index (κ3) is 3.52. The second kappa shape index (κ2) is 6.29. The summed E-state index contributed by atoms with van der Waals surface area (Å²) in [6.07, 6.45) is 1.61. The lowest BCUT2D eigenvalue weighted by Crippen LogP contribution is -2.24. The lowest BCUT2D eigenvalue weighted by Gasteiger charge is -2.07. The van der Waals surface area contributed by atoms with Crippen LogP contribution in [0.2, 0.25) is 0 Å². The van der Waals surface area contributed by atoms with Gasteiger partial charge in [-0.3, -0.25) is 9.78 Å². The first-order valence-electron chi connectivity index (χ1n) is 5.30. The van der Waals surface area contributed by atoms with Crippen LogP contribution in [-0.4, -0.2) is 10.9 Å². The van der Waals surface area contributed by atoms with E-state index >= 15 is 0 Å². The van der Waals surface area contributed by atoms with Gasteiger partial charge in [-0.15, -0.1) is 0 Å². The van der Waals surface area contributed by atoms with Crippen LogP contribution in [0.15, 0.2) is 47.1 Å². The number of carbonyl (C=O) groups excluding carboxylic acids is 1. The summed E-state index contributed by atoms with van der Waals surface area (Å²) in [7, 11) is 0. The van der Waals surface area contributed by atoms with Crippen molar-refractivity contribution < 1.29 is 4.79 Å². The Kier molecular flexibility index (Phi) is 4.71. The summed E-state index contributed by atoms with van der Waals surface area (Å²) in [5.74, 6) is -0.161. The number of nitrogens with zero attached hydrogens (tertiary/aromatic N) is 1. The maximum absolute atomic E-state index is 11.8. The Balaban J connectivity index is 2.04. The maximum atomic E-state index is 11.8. The van der Waals surface area contributed by atoms with Crippen LogP contribution in [0.3, 0.4) is 0 Å². The zero-order chi connectivity index (χ0) is 13.0. The molecule has 0 unspecified atom stereocenters. The molecule has 0 saturated heterocycles. The van der Waals surface area contributed by atoms with Gasteiger partial charge in [0.15, 0.2) is 0 Å². The fourth-order valence-electron chi connectivity index (χ4n) is 1.44. The molecule has 18 heavy (non-hydrogen) atoms. The van der Waals surface area contributed by atoms with E-state index in [9.17, 15) is 4.79 Å². The van der Waals surface area contributed by atoms with Gasteiger partial charge in [-0.1, -0.05) is 22.0 Å². The lowest BCUT2D eigenvalue weighted by atomic mass is 10.2. The van der Waals surface area contributed by atoms with Crippen LogP contribution in [-0.2, 0) is 6.54 Å². The summed E-state index contributed by atoms with van der Waals surface area (Å²) in [5.41, 5.74) is 1.51. The standard InChI is InChI=1S/C13H10BrIN2O/c14-10-4-5-11(15)9(7-10)8-17-13(18)12-3-1-2-6-16-12/h1-7H,8H2,(H,17,18). The molecule has 2 rings (SSSR count). The Bertz CT molecular complexity index is 560. The average Bonchev–Trinajstić information content (AvgIpc) is 2.40. The predicted molar refractivity (Wildman–Crippen MR) is 82.3 cm³/mol. The van der Waals surface area contributed by atoms with Crippen molar-refractivity contribution in [3.8, 4) is 0 Å². The molecule has 1 N–H and O–H groups in total. The number of benzene rings is 1. The molecule has 0 aliphatic rings. The van der Waals surface area contributed by atoms with E-state index in [1.54, 1.807) is 24.4 Å². The van der Waals surface area contributed by atoms with Crippen LogP contribution in [0.1, 0.15) is 16.1 Å². The molecular weight excluding hydrogens is 407 g/mol. The van der Waals surface area contributed by atoms with Gasteiger partial charge in [-0.2, -0.15) is 0 Å². The topological polar surface area (TPSA) is 42.0 Å². The lowest BCUT2D eigenvalue weighted by molar-refractivity contribution is 0.0946. The molecule has 0 aliphatic heterocycles. The number of nitrogens with one attached hydrogen (secondary N) is 1. The first-order chi connectivity index (χ1) is 8.66. The Hall–Kier alpha value is -0.950. The van der Waals surface area contributed by atoms with Crippen molar-refractivity contribution in [3.63, 3.8) is 0 Å². The molecule has 0 aliphatic carbocycles. The minimum atomic E-state index is -0.161. The Morgan fingerprint density at radius 2 is 2.17 bits per heavy atom. The number of halogens is 2. The summed E-state index contributed by atoms with van der Waals surface area (Å²) < 4.78 is 2.13. The van der Waals surface area contributed by atoms with Gasteiger partial charge < -0.3 is 5.32 Å². The minimum Gasteiger partial charge on any atom is -0.347 e. The largest absolute Gasteiger partial charge is 0.347 e. The number of hydrogen-bond donors (Lipinski definition) is 1. The van der Waals surface area contributed by atoms with Gasteiger partial charge in [-0.05, 0) is 58.5 Å². The molecule has 1 heterocycles. The van der Waals surface area contributed by atoms with Gasteiger partial charge >= 0.3 is 0 Å². The van der Waals surface area contributed by atoms with Crippen molar-refractivity contribution in [2.75, 3.05) is 0 Å². The molecular formula is C13H10BrIN2O. The van der Waals surface area contributed by atoms with Crippen LogP contribution < -0.4 is 5.32 Å². The van der Waals surface area contributed by atoms with E-state index in [1.807, 2.05) is 18.2 Å². The quantitative estimate of drug-likeness (QED) is 0.779. The summed E-state index contributed by atoms with van der Waals surface area (Å²) in [6.45, 7) is 0.493. The summed E-state index contributed by atoms with van der Waals surface area (Å²) in [6, 6.07) is 11.3. The molecule has 0 radical (unpaired) electrons. The van der Waals surface area contributed by atoms with Gasteiger partial charge in [0.1, 0.15) is 5.69 Å². The van der Waals surface area contributed by atoms with E-state index in [0.29, 0.717) is 12.2 Å². The second-order valence-corrected chi connectivity index (χ2v) is 5.71. The summed E-state index contributed by atoms with van der Waals surface area (Å²) in [4.78, 5) is 15.8. The zero-order valence-electron chi connectivity index (χ0n) is 9.36. The molecule has 0 spiro atoms. The van der Waals surface area contributed by atoms with E-state index in [4.69, 9.17) is 0 Å². The molecule has 1 aromatic carbocycles. The Morgan fingerprint density at radius 1 is 1.33 bits per heavy atom. The molecule has 1 aromatic heterocycles. The van der Waals surface area contributed by atoms with Crippen molar-refractivity contribution in [3.05, 3.63) is 61.9 Å². The highest BCUT2D eigenvalue weighted by Gasteiger charge is 2.07. The first kappa shape index (κ1) is 13.5. The van der Waals surface area contributed by atoms with Crippen LogP contribution in [0.4, 0.5) is 0 Å². The minimum absolute atomic E-state index is 0.161. The molecule has 92 valence electrons. The fourth-order valence-corrected chi connectivity index (χ4v) is 2.38. The molecule has 0 fully saturated rings. The number of pyridine rings is 1. The van der Waals surface area contributed by atoms with E-state index in [1.165, 1.54) is 0 Å². The van der Waals surface area contributed by atoms with E-state index in [2.05, 4.69) is 48.8 Å². The van der Waals surface area contributed by atoms with Gasteiger partial charge in [-0.25, -0.2) is 0 Å². The highest BCUT2D eigenvalue weighted by molar-refractivity contribution is 14.1. The SMILES string of the molecule is O=C(NCc1cc(Br)ccc1I)c1ccccn1. The third-order valence-corrected chi connectivity index (χ3v) is 3.89. The second-order valence-electron chi connectivity index (χ2n) is 3.63. The van der Waals surface area contributed by atoms with E-state index < -0.39 is 0 Å². The molecule has 2 aromatic rings. The molecule has 0 saturated carbocycles. The Labute approximate surface area is 127 Å². The van der Waals surface area contributed by atoms with Gasteiger partial charge in [0, 0.05) is 20.8 Å². The highest BCUT2D eigenvalue weighted by Crippen LogP contribution is 2.18. The van der Waals surface area contributed by atoms with Crippen molar-refractivity contribution in [2.24, 2.45) is 0 Å². The Morgan fingerprint density at radius 3 is 2.89 bits per heavy atom. The molecule has 5 heteroatoms. The van der Waals surface area contributed by atoms with Crippen molar-refractivity contribution in [1.82, 2.24) is 10.3 Å². The smallest absolute Gasteiger partial charge is 0.270 e. The molecule has 0 bridgehead atoms. The first-order valence-corrected chi connectivity index (χ1v) is 7.17. The van der Waals surface area contributed by atoms with Crippen LogP contribution in [0, 0.1) is 3.57 Å². The third-order valence-electron chi connectivity index (χ3n) is 2.34. The van der Waals surface area contributed by atoms with Crippen LogP contribution in [0.5, 0.6) is 0 Å². The van der Waals surface area contributed by atoms with Crippen LogP contribution >= 0.6 is 38.5 Å². The van der Waals surface area contributed by atoms with Crippen molar-refractivity contribution in [2.45, 2.75) is 6.54 Å². The van der Waals surface area contributed by atoms with E-state index in [-0.39, 0.29) is 5.91 Å². The van der Waals surface area contributed by atoms with Gasteiger partial charge in [0.2, 0.25) is 0 Å². The number of amides is 1. The number of carbonyl (C=O) groups is 1. The summed E-state index contributed by atoms with van der Waals surface area (Å²) in [5, 5.41) is 2.86. The average molecular weight is 417 g/mol. The van der Waals surface area contributed by atoms with Crippen molar-refractivity contribution in [1.29, 1.82) is 0 Å². The number of aromatic nitrogens is 1. The van der Waals surface area contributed by atoms with Crippen molar-refractivity contribution >= 4 is 44.4 Å². The highest BCUT2D eigenvalue weighted by atomic mass is 127. The monoisotopic (exact) mass is 416 g/mol. The zero-order valence-corrected chi connectivity index (χ0v) is 13.1. The number of rotatable bonds is 3. The van der Waals surface area contributed by atoms with Gasteiger partial charge in [0.25, 0.3) is 5.91 Å². The normalized spacial score (nSPS) is 10.1. The van der Waals surface area contributed by atoms with Gasteiger partial charge in [0.05, 0.1) is 0 Å². The van der Waals surface area contributed by atoms with Crippen LogP contribution in [0.25, 0.3) is 0 Å². The maximum Gasteiger partial charge on any atom is 0.270 e. The summed E-state index contributed by atoms with van der Waals surface area (Å²) >= 11 is 5.67. The fraction of sp³-hybridized carbons (Fsp3) is 0.0769. The van der Waals surface area contributed by atoms with E-state index in [0.717, 1.165) is 13.6 Å². The molecule has 3 nitrogen and oxygen atoms in total. The molecule has 0 atom stereocenters. The number of hydrogen-bond acceptors (Lipinski definition) is 2. The predicted octanol–water partition coefficient (Wildman–Crippen LogP) is 3.38. The molecule has 1 amide bonds.